The summed E-state index contributed by atoms with van der Waals surface area (Å²) in [6, 6.07) is 0. The van der Waals surface area contributed by atoms with Gasteiger partial charge in [0.1, 0.15) is 0 Å². The molecule has 1 saturated heterocycles. The lowest BCUT2D eigenvalue weighted by Gasteiger charge is -2.26. The van der Waals surface area contributed by atoms with E-state index >= 15 is 0 Å². The zero-order valence-electron chi connectivity index (χ0n) is 9.74. The predicted octanol–water partition coefficient (Wildman–Crippen LogP) is -0.501. The second kappa shape index (κ2) is 5.15. The zero-order valence-corrected chi connectivity index (χ0v) is 9.74. The average Bonchev–Trinajstić information content (AvgIpc) is 2.59. The van der Waals surface area contributed by atoms with Crippen molar-refractivity contribution in [2.45, 2.75) is 13.6 Å². The number of imidazole rings is 1. The summed E-state index contributed by atoms with van der Waals surface area (Å²) in [4.78, 5) is 13.9. The summed E-state index contributed by atoms with van der Waals surface area (Å²) in [5.74, 6) is -0.0768. The monoisotopic (exact) mass is 240 g/mol. The van der Waals surface area contributed by atoms with Crippen LogP contribution in [0.4, 0.5) is 0 Å². The topological polar surface area (TPSA) is 72.0 Å². The van der Waals surface area contributed by atoms with Crippen LogP contribution >= 0.6 is 0 Å². The molecule has 1 aliphatic heterocycles. The standard InChI is InChI=1S/C10H16N4O3/c1-2-11-14-7-9(15)13(10(14)16)8-12-3-5-17-6-4-12/h2,7,15H,3-6,8H2,1H3. The summed E-state index contributed by atoms with van der Waals surface area (Å²) >= 11 is 0. The van der Waals surface area contributed by atoms with E-state index in [4.69, 9.17) is 4.74 Å². The van der Waals surface area contributed by atoms with Gasteiger partial charge in [-0.05, 0) is 6.92 Å². The third-order valence-corrected chi connectivity index (χ3v) is 2.63. The number of aromatic nitrogens is 2. The summed E-state index contributed by atoms with van der Waals surface area (Å²) in [6.45, 7) is 4.90. The molecule has 0 amide bonds. The Morgan fingerprint density at radius 1 is 1.53 bits per heavy atom. The summed E-state index contributed by atoms with van der Waals surface area (Å²) in [7, 11) is 0. The van der Waals surface area contributed by atoms with Crippen molar-refractivity contribution >= 4 is 6.21 Å². The quantitative estimate of drug-likeness (QED) is 0.723. The fraction of sp³-hybridized carbons (Fsp3) is 0.600. The van der Waals surface area contributed by atoms with Crippen molar-refractivity contribution in [2.24, 2.45) is 5.10 Å². The molecule has 7 nitrogen and oxygen atoms in total. The molecule has 1 N–H and O–H groups in total. The van der Waals surface area contributed by atoms with E-state index in [2.05, 4.69) is 5.10 Å². The van der Waals surface area contributed by atoms with Crippen LogP contribution in [0.15, 0.2) is 16.1 Å². The molecule has 7 heteroatoms. The van der Waals surface area contributed by atoms with Crippen molar-refractivity contribution in [3.63, 3.8) is 0 Å². The minimum Gasteiger partial charge on any atom is -0.493 e. The second-order valence-corrected chi connectivity index (χ2v) is 3.79. The Morgan fingerprint density at radius 2 is 2.24 bits per heavy atom. The molecular weight excluding hydrogens is 224 g/mol. The largest absolute Gasteiger partial charge is 0.493 e. The van der Waals surface area contributed by atoms with Crippen LogP contribution < -0.4 is 5.69 Å². The zero-order chi connectivity index (χ0) is 12.3. The molecule has 2 rings (SSSR count). The molecule has 0 aliphatic carbocycles. The third-order valence-electron chi connectivity index (χ3n) is 2.63. The highest BCUT2D eigenvalue weighted by Crippen LogP contribution is 2.08. The van der Waals surface area contributed by atoms with E-state index in [9.17, 15) is 9.90 Å². The Hall–Kier alpha value is -1.60. The van der Waals surface area contributed by atoms with Gasteiger partial charge in [0.25, 0.3) is 0 Å². The van der Waals surface area contributed by atoms with Gasteiger partial charge in [-0.3, -0.25) is 4.90 Å². The van der Waals surface area contributed by atoms with E-state index in [1.807, 2.05) is 4.90 Å². The highest BCUT2D eigenvalue weighted by Gasteiger charge is 2.15. The normalized spacial score (nSPS) is 17.9. The van der Waals surface area contributed by atoms with E-state index in [-0.39, 0.29) is 11.6 Å². The molecular formula is C10H16N4O3. The minimum atomic E-state index is -0.341. The molecule has 0 saturated carbocycles. The maximum Gasteiger partial charge on any atom is 0.352 e. The number of hydrogen-bond donors (Lipinski definition) is 1. The van der Waals surface area contributed by atoms with Crippen molar-refractivity contribution in [1.29, 1.82) is 0 Å². The molecule has 0 atom stereocenters. The molecule has 0 aromatic carbocycles. The Morgan fingerprint density at radius 3 is 2.88 bits per heavy atom. The van der Waals surface area contributed by atoms with Gasteiger partial charge in [0.2, 0.25) is 5.88 Å². The van der Waals surface area contributed by atoms with Crippen molar-refractivity contribution in [2.75, 3.05) is 26.3 Å². The van der Waals surface area contributed by atoms with Crippen LogP contribution in [-0.2, 0) is 11.4 Å². The summed E-state index contributed by atoms with van der Waals surface area (Å²) in [6.07, 6.45) is 2.81. The molecule has 0 bridgehead atoms. The minimum absolute atomic E-state index is 0.0768. The Kier molecular flexibility index (Phi) is 3.60. The average molecular weight is 240 g/mol. The number of morpholine rings is 1. The molecule has 0 unspecified atom stereocenters. The third kappa shape index (κ3) is 2.56. The van der Waals surface area contributed by atoms with Gasteiger partial charge in [0.05, 0.1) is 26.1 Å². The first-order valence-electron chi connectivity index (χ1n) is 5.52. The fourth-order valence-electron chi connectivity index (χ4n) is 1.74. The van der Waals surface area contributed by atoms with Gasteiger partial charge in [-0.1, -0.05) is 0 Å². The van der Waals surface area contributed by atoms with E-state index in [0.717, 1.165) is 17.8 Å². The molecule has 1 aliphatic rings. The van der Waals surface area contributed by atoms with Gasteiger partial charge in [-0.25, -0.2) is 9.36 Å². The lowest BCUT2D eigenvalue weighted by molar-refractivity contribution is 0.0216. The van der Waals surface area contributed by atoms with E-state index < -0.39 is 0 Å². The van der Waals surface area contributed by atoms with Gasteiger partial charge in [-0.2, -0.15) is 9.78 Å². The predicted molar refractivity (Wildman–Crippen MR) is 62.3 cm³/mol. The highest BCUT2D eigenvalue weighted by atomic mass is 16.5. The SMILES string of the molecule is CC=Nn1cc(O)n(CN2CCOCC2)c1=O. The van der Waals surface area contributed by atoms with Crippen molar-refractivity contribution in [1.82, 2.24) is 14.1 Å². The van der Waals surface area contributed by atoms with Crippen LogP contribution in [0.5, 0.6) is 5.88 Å². The number of aromatic hydroxyl groups is 1. The molecule has 1 fully saturated rings. The highest BCUT2D eigenvalue weighted by molar-refractivity contribution is 5.52. The second-order valence-electron chi connectivity index (χ2n) is 3.79. The smallest absolute Gasteiger partial charge is 0.352 e. The molecule has 2 heterocycles. The first kappa shape index (κ1) is 11.9. The Bertz CT molecular complexity index is 457. The van der Waals surface area contributed by atoms with Crippen molar-refractivity contribution < 1.29 is 9.84 Å². The molecule has 94 valence electrons. The lowest BCUT2D eigenvalue weighted by atomic mass is 10.4. The van der Waals surface area contributed by atoms with Crippen LogP contribution in [0.1, 0.15) is 6.92 Å². The van der Waals surface area contributed by atoms with Gasteiger partial charge in [-0.15, -0.1) is 0 Å². The molecule has 0 radical (unpaired) electrons. The van der Waals surface area contributed by atoms with Gasteiger partial charge < -0.3 is 9.84 Å². The summed E-state index contributed by atoms with van der Waals surface area (Å²) in [5, 5.41) is 13.5. The van der Waals surface area contributed by atoms with Crippen LogP contribution in [0.25, 0.3) is 0 Å². The Balaban J connectivity index is 2.17. The van der Waals surface area contributed by atoms with Gasteiger partial charge >= 0.3 is 5.69 Å². The van der Waals surface area contributed by atoms with E-state index in [0.29, 0.717) is 19.9 Å². The fourth-order valence-corrected chi connectivity index (χ4v) is 1.74. The summed E-state index contributed by atoms with van der Waals surface area (Å²) in [5.41, 5.74) is -0.341. The van der Waals surface area contributed by atoms with Gasteiger partial charge in [0, 0.05) is 19.3 Å². The van der Waals surface area contributed by atoms with Gasteiger partial charge in [0.15, 0.2) is 0 Å². The van der Waals surface area contributed by atoms with Crippen LogP contribution in [-0.4, -0.2) is 51.8 Å². The maximum absolute atomic E-state index is 11.8. The lowest BCUT2D eigenvalue weighted by Crippen LogP contribution is -2.39. The summed E-state index contributed by atoms with van der Waals surface area (Å²) < 4.78 is 7.63. The number of hydrogen-bond acceptors (Lipinski definition) is 5. The molecule has 1 aromatic heterocycles. The number of nitrogens with zero attached hydrogens (tertiary/aromatic N) is 4. The first-order chi connectivity index (χ1) is 8.22. The molecule has 1 aromatic rings. The molecule has 17 heavy (non-hydrogen) atoms. The van der Waals surface area contributed by atoms with Crippen LogP contribution in [0.2, 0.25) is 0 Å². The van der Waals surface area contributed by atoms with Crippen molar-refractivity contribution in [3.05, 3.63) is 16.7 Å². The van der Waals surface area contributed by atoms with E-state index in [1.165, 1.54) is 17.0 Å². The maximum atomic E-state index is 11.8. The number of rotatable bonds is 3. The Labute approximate surface area is 98.5 Å². The van der Waals surface area contributed by atoms with Crippen LogP contribution in [0, 0.1) is 0 Å². The van der Waals surface area contributed by atoms with E-state index in [1.54, 1.807) is 6.92 Å². The van der Waals surface area contributed by atoms with Crippen molar-refractivity contribution in [3.8, 4) is 5.88 Å². The number of ether oxygens (including phenoxy) is 1. The van der Waals surface area contributed by atoms with Crippen LogP contribution in [0.3, 0.4) is 0 Å². The molecule has 0 spiro atoms. The first-order valence-corrected chi connectivity index (χ1v) is 5.52.